The maximum Gasteiger partial charge on any atom is 0.237 e. The summed E-state index contributed by atoms with van der Waals surface area (Å²) < 4.78 is 0. The smallest absolute Gasteiger partial charge is 0.237 e. The van der Waals surface area contributed by atoms with Crippen molar-refractivity contribution in [3.63, 3.8) is 0 Å². The van der Waals surface area contributed by atoms with Crippen molar-refractivity contribution in [2.45, 2.75) is 57.1 Å². The molecule has 0 spiro atoms. The van der Waals surface area contributed by atoms with E-state index in [-0.39, 0.29) is 18.1 Å². The lowest BCUT2D eigenvalue weighted by atomic mass is 9.87. The highest BCUT2D eigenvalue weighted by molar-refractivity contribution is 5.81. The van der Waals surface area contributed by atoms with Gasteiger partial charge in [0, 0.05) is 6.54 Å². The first-order valence-corrected chi connectivity index (χ1v) is 6.95. The number of aliphatic hydroxyl groups excluding tert-OH is 1. The Kier molecular flexibility index (Phi) is 4.80. The number of hydrogen-bond acceptors (Lipinski definition) is 3. The minimum absolute atomic E-state index is 0.0259. The molecule has 4 heteroatoms. The monoisotopic (exact) mass is 240 g/mol. The molecule has 1 saturated carbocycles. The van der Waals surface area contributed by atoms with Crippen molar-refractivity contribution < 1.29 is 9.90 Å². The van der Waals surface area contributed by atoms with Crippen molar-refractivity contribution in [3.8, 4) is 0 Å². The molecule has 1 atom stereocenters. The molecule has 1 aliphatic carbocycles. The molecule has 1 heterocycles. The van der Waals surface area contributed by atoms with Gasteiger partial charge in [-0.25, -0.2) is 0 Å². The fraction of sp³-hybridized carbons (Fsp3) is 0.923. The van der Waals surface area contributed by atoms with Gasteiger partial charge in [-0.05, 0) is 51.0 Å². The minimum Gasteiger partial charge on any atom is -0.393 e. The lowest BCUT2D eigenvalue weighted by Crippen LogP contribution is -2.47. The Bertz CT molecular complexity index is 244. The largest absolute Gasteiger partial charge is 0.393 e. The van der Waals surface area contributed by atoms with Gasteiger partial charge in [0.15, 0.2) is 0 Å². The second-order valence-electron chi connectivity index (χ2n) is 5.42. The number of carbonyl (C=O) groups is 1. The second-order valence-corrected chi connectivity index (χ2v) is 5.42. The summed E-state index contributed by atoms with van der Waals surface area (Å²) in [6, 6.07) is 0.0259. The Morgan fingerprint density at radius 1 is 1.18 bits per heavy atom. The summed E-state index contributed by atoms with van der Waals surface area (Å²) in [4.78, 5) is 11.9. The van der Waals surface area contributed by atoms with E-state index in [1.807, 2.05) is 0 Å². The van der Waals surface area contributed by atoms with Crippen molar-refractivity contribution in [2.75, 3.05) is 13.1 Å². The second kappa shape index (κ2) is 6.36. The summed E-state index contributed by atoms with van der Waals surface area (Å²) in [5.41, 5.74) is 0. The highest BCUT2D eigenvalue weighted by atomic mass is 16.3. The molecule has 1 aliphatic heterocycles. The number of aliphatic hydroxyl groups is 1. The summed E-state index contributed by atoms with van der Waals surface area (Å²) >= 11 is 0. The SMILES string of the molecule is O=C(NCC1CCC(O)CC1)[C@H]1CCCCN1. The zero-order chi connectivity index (χ0) is 12.1. The molecule has 2 fully saturated rings. The van der Waals surface area contributed by atoms with Gasteiger partial charge in [-0.2, -0.15) is 0 Å². The van der Waals surface area contributed by atoms with Crippen LogP contribution in [0.15, 0.2) is 0 Å². The lowest BCUT2D eigenvalue weighted by molar-refractivity contribution is -0.123. The third kappa shape index (κ3) is 3.96. The summed E-state index contributed by atoms with van der Waals surface area (Å²) in [5.74, 6) is 0.724. The molecule has 3 N–H and O–H groups in total. The van der Waals surface area contributed by atoms with Crippen LogP contribution in [0.1, 0.15) is 44.9 Å². The molecule has 2 rings (SSSR count). The minimum atomic E-state index is -0.109. The van der Waals surface area contributed by atoms with Crippen LogP contribution in [0.25, 0.3) is 0 Å². The molecule has 1 saturated heterocycles. The number of rotatable bonds is 3. The lowest BCUT2D eigenvalue weighted by Gasteiger charge is -2.27. The topological polar surface area (TPSA) is 61.4 Å². The molecule has 0 bridgehead atoms. The van der Waals surface area contributed by atoms with Crippen LogP contribution in [-0.4, -0.2) is 36.2 Å². The van der Waals surface area contributed by atoms with E-state index < -0.39 is 0 Å². The third-order valence-electron chi connectivity index (χ3n) is 4.01. The molecule has 0 aromatic heterocycles. The van der Waals surface area contributed by atoms with Crippen LogP contribution >= 0.6 is 0 Å². The highest BCUT2D eigenvalue weighted by Crippen LogP contribution is 2.23. The van der Waals surface area contributed by atoms with E-state index in [0.29, 0.717) is 5.92 Å². The molecule has 0 aromatic rings. The zero-order valence-corrected chi connectivity index (χ0v) is 10.5. The van der Waals surface area contributed by atoms with Gasteiger partial charge in [0.1, 0.15) is 0 Å². The Morgan fingerprint density at radius 2 is 1.94 bits per heavy atom. The normalized spacial score (nSPS) is 34.3. The molecule has 17 heavy (non-hydrogen) atoms. The zero-order valence-electron chi connectivity index (χ0n) is 10.5. The van der Waals surface area contributed by atoms with Crippen molar-refractivity contribution in [2.24, 2.45) is 5.92 Å². The summed E-state index contributed by atoms with van der Waals surface area (Å²) in [7, 11) is 0. The van der Waals surface area contributed by atoms with Crippen LogP contribution in [0.2, 0.25) is 0 Å². The Labute approximate surface area is 103 Å². The van der Waals surface area contributed by atoms with Crippen molar-refractivity contribution in [3.05, 3.63) is 0 Å². The first-order valence-electron chi connectivity index (χ1n) is 6.95. The van der Waals surface area contributed by atoms with E-state index in [9.17, 15) is 9.90 Å². The maximum absolute atomic E-state index is 11.9. The van der Waals surface area contributed by atoms with Gasteiger partial charge in [-0.3, -0.25) is 4.79 Å². The highest BCUT2D eigenvalue weighted by Gasteiger charge is 2.23. The molecule has 0 aromatic carbocycles. The van der Waals surface area contributed by atoms with Crippen LogP contribution < -0.4 is 10.6 Å². The predicted octanol–water partition coefficient (Wildman–Crippen LogP) is 0.796. The van der Waals surface area contributed by atoms with E-state index in [4.69, 9.17) is 0 Å². The molecule has 98 valence electrons. The van der Waals surface area contributed by atoms with Gasteiger partial charge in [0.25, 0.3) is 0 Å². The summed E-state index contributed by atoms with van der Waals surface area (Å²) in [6.07, 6.45) is 7.06. The van der Waals surface area contributed by atoms with Gasteiger partial charge in [0.05, 0.1) is 12.1 Å². The summed E-state index contributed by atoms with van der Waals surface area (Å²) in [6.45, 7) is 1.75. The van der Waals surface area contributed by atoms with Crippen molar-refractivity contribution >= 4 is 5.91 Å². The molecular weight excluding hydrogens is 216 g/mol. The van der Waals surface area contributed by atoms with E-state index in [1.165, 1.54) is 6.42 Å². The molecule has 2 aliphatic rings. The van der Waals surface area contributed by atoms with E-state index in [2.05, 4.69) is 10.6 Å². The number of hydrogen-bond donors (Lipinski definition) is 3. The Balaban J connectivity index is 1.65. The number of piperidine rings is 1. The standard InChI is InChI=1S/C13H24N2O2/c16-11-6-4-10(5-7-11)9-15-13(17)12-3-1-2-8-14-12/h10-12,14,16H,1-9H2,(H,15,17)/t10?,11?,12-/m1/s1. The average Bonchev–Trinajstić information content (AvgIpc) is 2.39. The van der Waals surface area contributed by atoms with Gasteiger partial charge in [-0.15, -0.1) is 0 Å². The van der Waals surface area contributed by atoms with Crippen LogP contribution in [0, 0.1) is 5.92 Å². The van der Waals surface area contributed by atoms with Gasteiger partial charge >= 0.3 is 0 Å². The van der Waals surface area contributed by atoms with Crippen molar-refractivity contribution in [1.29, 1.82) is 0 Å². The maximum atomic E-state index is 11.9. The van der Waals surface area contributed by atoms with Crippen LogP contribution in [-0.2, 0) is 4.79 Å². The number of carbonyl (C=O) groups excluding carboxylic acids is 1. The fourth-order valence-electron chi connectivity index (χ4n) is 2.79. The molecule has 1 amide bonds. The van der Waals surface area contributed by atoms with E-state index in [0.717, 1.165) is 51.6 Å². The van der Waals surface area contributed by atoms with E-state index >= 15 is 0 Å². The molecule has 0 radical (unpaired) electrons. The quantitative estimate of drug-likeness (QED) is 0.683. The van der Waals surface area contributed by atoms with Crippen molar-refractivity contribution in [1.82, 2.24) is 10.6 Å². The molecule has 4 nitrogen and oxygen atoms in total. The van der Waals surface area contributed by atoms with Crippen LogP contribution in [0.3, 0.4) is 0 Å². The van der Waals surface area contributed by atoms with Crippen LogP contribution in [0.5, 0.6) is 0 Å². The average molecular weight is 240 g/mol. The van der Waals surface area contributed by atoms with Gasteiger partial charge < -0.3 is 15.7 Å². The Hall–Kier alpha value is -0.610. The van der Waals surface area contributed by atoms with Gasteiger partial charge in [0.2, 0.25) is 5.91 Å². The number of amides is 1. The number of nitrogens with one attached hydrogen (secondary N) is 2. The molecule has 0 unspecified atom stereocenters. The first-order chi connectivity index (χ1) is 8.25. The molecular formula is C13H24N2O2. The van der Waals surface area contributed by atoms with Gasteiger partial charge in [-0.1, -0.05) is 6.42 Å². The summed E-state index contributed by atoms with van der Waals surface area (Å²) in [5, 5.41) is 15.7. The first kappa shape index (κ1) is 12.8. The predicted molar refractivity (Wildman–Crippen MR) is 66.6 cm³/mol. The fourth-order valence-corrected chi connectivity index (χ4v) is 2.79. The third-order valence-corrected chi connectivity index (χ3v) is 4.01. The Morgan fingerprint density at radius 3 is 2.59 bits per heavy atom. The van der Waals surface area contributed by atoms with E-state index in [1.54, 1.807) is 0 Å². The van der Waals surface area contributed by atoms with Crippen LogP contribution in [0.4, 0.5) is 0 Å².